The second kappa shape index (κ2) is 7.75. The molecule has 0 aromatic rings. The van der Waals surface area contributed by atoms with Gasteiger partial charge in [-0.3, -0.25) is 9.59 Å². The number of carbonyl (C=O) groups excluding carboxylic acids is 2. The summed E-state index contributed by atoms with van der Waals surface area (Å²) in [7, 11) is 0. The normalized spacial score (nSPS) is 11.9. The first-order valence-electron chi connectivity index (χ1n) is 5.49. The van der Waals surface area contributed by atoms with Gasteiger partial charge in [-0.25, -0.2) is 0 Å². The molecule has 0 saturated heterocycles. The summed E-state index contributed by atoms with van der Waals surface area (Å²) in [5.41, 5.74) is 5.00. The molecule has 90 valence electrons. The maximum Gasteiger partial charge on any atom is 0.220 e. The van der Waals surface area contributed by atoms with Gasteiger partial charge < -0.3 is 11.1 Å². The number of hydrogen-bond acceptors (Lipinski definition) is 2. The van der Waals surface area contributed by atoms with Crippen LogP contribution in [-0.4, -0.2) is 17.9 Å². The van der Waals surface area contributed by atoms with Gasteiger partial charge in [0.25, 0.3) is 0 Å². The minimum atomic E-state index is -0.406. The van der Waals surface area contributed by atoms with Crippen molar-refractivity contribution in [2.45, 2.75) is 45.6 Å². The second-order valence-corrected chi connectivity index (χ2v) is 4.22. The molecule has 0 heterocycles. The number of rotatable bonds is 7. The first kappa shape index (κ1) is 14.5. The fourth-order valence-corrected chi connectivity index (χ4v) is 1.17. The summed E-state index contributed by atoms with van der Waals surface area (Å²) >= 11 is 0. The van der Waals surface area contributed by atoms with E-state index in [0.717, 1.165) is 6.42 Å². The Morgan fingerprint density at radius 2 is 1.94 bits per heavy atom. The molecule has 0 saturated carbocycles. The van der Waals surface area contributed by atoms with Crippen molar-refractivity contribution in [3.05, 3.63) is 0 Å². The summed E-state index contributed by atoms with van der Waals surface area (Å²) in [4.78, 5) is 22.0. The quantitative estimate of drug-likeness (QED) is 0.628. The van der Waals surface area contributed by atoms with Crippen LogP contribution >= 0.6 is 0 Å². The molecule has 0 aliphatic carbocycles. The third-order valence-corrected chi connectivity index (χ3v) is 2.16. The van der Waals surface area contributed by atoms with Gasteiger partial charge in [0.2, 0.25) is 11.8 Å². The Balaban J connectivity index is 3.89. The Hall–Kier alpha value is -1.50. The molecule has 16 heavy (non-hydrogen) atoms. The van der Waals surface area contributed by atoms with E-state index in [2.05, 4.69) is 25.1 Å². The van der Waals surface area contributed by atoms with Gasteiger partial charge in [0.1, 0.15) is 0 Å². The van der Waals surface area contributed by atoms with Crippen molar-refractivity contribution in [1.29, 1.82) is 0 Å². The Labute approximate surface area is 97.0 Å². The molecule has 0 unspecified atom stereocenters. The van der Waals surface area contributed by atoms with Gasteiger partial charge in [0.05, 0.1) is 6.04 Å². The van der Waals surface area contributed by atoms with Crippen molar-refractivity contribution in [2.24, 2.45) is 11.7 Å². The van der Waals surface area contributed by atoms with Crippen LogP contribution in [0.2, 0.25) is 0 Å². The fraction of sp³-hybridized carbons (Fsp3) is 0.667. The Morgan fingerprint density at radius 3 is 2.38 bits per heavy atom. The molecule has 0 radical (unpaired) electrons. The first-order valence-corrected chi connectivity index (χ1v) is 5.49. The first-order chi connectivity index (χ1) is 7.45. The summed E-state index contributed by atoms with van der Waals surface area (Å²) in [6, 6.07) is -0.396. The summed E-state index contributed by atoms with van der Waals surface area (Å²) in [5.74, 6) is 2.45. The van der Waals surface area contributed by atoms with Crippen molar-refractivity contribution >= 4 is 11.8 Å². The highest BCUT2D eigenvalue weighted by molar-refractivity contribution is 5.77. The van der Waals surface area contributed by atoms with Gasteiger partial charge in [0.15, 0.2) is 0 Å². The molecule has 3 N–H and O–H groups in total. The molecule has 0 rings (SSSR count). The maximum absolute atomic E-state index is 11.4. The largest absolute Gasteiger partial charge is 0.370 e. The van der Waals surface area contributed by atoms with Crippen LogP contribution < -0.4 is 11.1 Å². The van der Waals surface area contributed by atoms with Crippen LogP contribution in [0.5, 0.6) is 0 Å². The maximum atomic E-state index is 11.4. The highest BCUT2D eigenvalue weighted by Crippen LogP contribution is 2.04. The van der Waals surface area contributed by atoms with Gasteiger partial charge in [-0.1, -0.05) is 19.8 Å². The van der Waals surface area contributed by atoms with E-state index in [1.807, 2.05) is 0 Å². The molecule has 1 atom stereocenters. The fourth-order valence-electron chi connectivity index (χ4n) is 1.17. The number of primary amides is 1. The van der Waals surface area contributed by atoms with Crippen LogP contribution in [0.25, 0.3) is 0 Å². The highest BCUT2D eigenvalue weighted by Gasteiger charge is 2.10. The third kappa shape index (κ3) is 7.86. The minimum absolute atomic E-state index is 0.0684. The molecule has 4 nitrogen and oxygen atoms in total. The van der Waals surface area contributed by atoms with Crippen LogP contribution in [0, 0.1) is 18.3 Å². The lowest BCUT2D eigenvalue weighted by molar-refractivity contribution is -0.122. The van der Waals surface area contributed by atoms with Gasteiger partial charge in [-0.2, -0.15) is 0 Å². The van der Waals surface area contributed by atoms with E-state index in [-0.39, 0.29) is 12.3 Å². The summed E-state index contributed by atoms with van der Waals surface area (Å²) < 4.78 is 0. The number of nitrogens with one attached hydrogen (secondary N) is 1. The predicted molar refractivity (Wildman–Crippen MR) is 63.3 cm³/mol. The van der Waals surface area contributed by atoms with E-state index in [1.54, 1.807) is 0 Å². The zero-order valence-electron chi connectivity index (χ0n) is 9.95. The second-order valence-electron chi connectivity index (χ2n) is 4.22. The van der Waals surface area contributed by atoms with Crippen molar-refractivity contribution in [1.82, 2.24) is 5.32 Å². The Bertz CT molecular complexity index is 279. The van der Waals surface area contributed by atoms with Crippen molar-refractivity contribution in [3.8, 4) is 12.3 Å². The highest BCUT2D eigenvalue weighted by atomic mass is 16.2. The number of nitrogens with two attached hydrogens (primary N) is 1. The lowest BCUT2D eigenvalue weighted by Gasteiger charge is -2.12. The van der Waals surface area contributed by atoms with Crippen molar-refractivity contribution in [3.63, 3.8) is 0 Å². The Kier molecular flexibility index (Phi) is 7.02. The molecule has 0 bridgehead atoms. The van der Waals surface area contributed by atoms with E-state index in [1.165, 1.54) is 0 Å². The number of amides is 2. The molecule has 0 aliphatic rings. The van der Waals surface area contributed by atoms with Gasteiger partial charge >= 0.3 is 0 Å². The zero-order valence-corrected chi connectivity index (χ0v) is 9.95. The number of carbonyl (C=O) groups is 2. The third-order valence-electron chi connectivity index (χ3n) is 2.16. The van der Waals surface area contributed by atoms with E-state index >= 15 is 0 Å². The van der Waals surface area contributed by atoms with Crippen molar-refractivity contribution in [2.75, 3.05) is 0 Å². The average Bonchev–Trinajstić information content (AvgIpc) is 2.20. The predicted octanol–water partition coefficient (Wildman–Crippen LogP) is 0.806. The molecule has 0 aliphatic heterocycles. The van der Waals surface area contributed by atoms with E-state index in [9.17, 15) is 9.59 Å². The smallest absolute Gasteiger partial charge is 0.220 e. The minimum Gasteiger partial charge on any atom is -0.370 e. The summed E-state index contributed by atoms with van der Waals surface area (Å²) in [6.07, 6.45) is 7.14. The molecular weight excluding hydrogens is 204 g/mol. The van der Waals surface area contributed by atoms with Crippen LogP contribution in [0.3, 0.4) is 0 Å². The summed E-state index contributed by atoms with van der Waals surface area (Å²) in [6.45, 7) is 4.11. The topological polar surface area (TPSA) is 72.2 Å². The van der Waals surface area contributed by atoms with E-state index in [0.29, 0.717) is 18.8 Å². The average molecular weight is 224 g/mol. The molecule has 4 heteroatoms. The molecule has 0 fully saturated rings. The van der Waals surface area contributed by atoms with Gasteiger partial charge in [0, 0.05) is 12.8 Å². The summed E-state index contributed by atoms with van der Waals surface area (Å²) in [5, 5.41) is 2.69. The monoisotopic (exact) mass is 224 g/mol. The SMILES string of the molecule is C#C[C@H](CCC(N)=O)NC(=O)CCC(C)C. The molecule has 0 aromatic carbocycles. The molecule has 0 aromatic heterocycles. The van der Waals surface area contributed by atoms with Crippen LogP contribution in [0.4, 0.5) is 0 Å². The zero-order chi connectivity index (χ0) is 12.6. The van der Waals surface area contributed by atoms with E-state index in [4.69, 9.17) is 12.2 Å². The van der Waals surface area contributed by atoms with Crippen molar-refractivity contribution < 1.29 is 9.59 Å². The van der Waals surface area contributed by atoms with Crippen LogP contribution in [0.15, 0.2) is 0 Å². The van der Waals surface area contributed by atoms with Gasteiger partial charge in [-0.05, 0) is 18.8 Å². The standard InChI is InChI=1S/C12H20N2O2/c1-4-10(6-7-11(13)15)14-12(16)8-5-9(2)3/h1,9-10H,5-8H2,2-3H3,(H2,13,15)(H,14,16)/t10-/m1/s1. The molecular formula is C12H20N2O2. The van der Waals surface area contributed by atoms with E-state index < -0.39 is 11.9 Å². The van der Waals surface area contributed by atoms with Crippen LogP contribution in [0.1, 0.15) is 39.5 Å². The van der Waals surface area contributed by atoms with Gasteiger partial charge in [-0.15, -0.1) is 6.42 Å². The number of hydrogen-bond donors (Lipinski definition) is 2. The van der Waals surface area contributed by atoms with Crippen LogP contribution in [-0.2, 0) is 9.59 Å². The Morgan fingerprint density at radius 1 is 1.31 bits per heavy atom. The lowest BCUT2D eigenvalue weighted by atomic mass is 10.1. The number of terminal acetylenes is 1. The lowest BCUT2D eigenvalue weighted by Crippen LogP contribution is -2.34. The molecule has 2 amide bonds. The molecule has 0 spiro atoms.